The SMILES string of the molecule is CC(C)=CCC/C(C)=C/CC/C(C)=C/CC/C(C)=C/CC/C(C)=C/CC/C(C)=C/CC/C(C)=C/CC/C(C)=C/CC/C(C)=C/CC/C(C)=C/CC/C(C)=C/CC/C(C)=C/CC/C(C)=C/CC/C(C)=C/CC/C(C)=C/CC/C(C)=C/CC/C(C)=C/CC/C(C)=C/CC/C(C)=C/CC/C(C)=C/CC/C(C)=C/CC/C(C)=C/COP(=O)(O)OP(=O)(O)O. The Kier molecular flexibility index (Phi) is 68.6. The molecule has 0 saturated carbocycles. The van der Waals surface area contributed by atoms with E-state index in [2.05, 4.69) is 289 Å². The molecule has 0 rings (SSSR count). The summed E-state index contributed by atoms with van der Waals surface area (Å²) in [6.07, 6.45) is 99.9. The Bertz CT molecular complexity index is 3670. The first-order valence-electron chi connectivity index (χ1n) is 46.6. The molecule has 0 fully saturated rings. The lowest BCUT2D eigenvalue weighted by atomic mass is 10.0. The van der Waals surface area contributed by atoms with Crippen molar-refractivity contribution in [2.24, 2.45) is 0 Å². The van der Waals surface area contributed by atoms with Gasteiger partial charge in [-0.2, -0.15) is 4.31 Å². The highest BCUT2D eigenvalue weighted by molar-refractivity contribution is 7.60. The van der Waals surface area contributed by atoms with Gasteiger partial charge in [-0.1, -0.05) is 256 Å². The van der Waals surface area contributed by atoms with Crippen LogP contribution in [0.15, 0.2) is 256 Å². The molecule has 1 atom stereocenters. The minimum absolute atomic E-state index is 0.277. The van der Waals surface area contributed by atoms with Gasteiger partial charge in [0.1, 0.15) is 0 Å². The van der Waals surface area contributed by atoms with Crippen molar-refractivity contribution in [1.29, 1.82) is 0 Å². The molecule has 0 aromatic rings. The Balaban J connectivity index is 4.39. The number of allylic oxidation sites excluding steroid dienone is 43. The van der Waals surface area contributed by atoms with Crippen molar-refractivity contribution >= 4 is 15.6 Å². The molecule has 1 unspecified atom stereocenters. The number of rotatable bonds is 68. The molecule has 9 heteroatoms. The summed E-state index contributed by atoms with van der Waals surface area (Å²) in [5.74, 6) is 0. The van der Waals surface area contributed by atoms with Crippen LogP contribution < -0.4 is 0 Å². The second-order valence-electron chi connectivity index (χ2n) is 36.0. The highest BCUT2D eigenvalue weighted by Crippen LogP contribution is 2.57. The smallest absolute Gasteiger partial charge is 0.302 e. The Labute approximate surface area is 735 Å². The van der Waals surface area contributed by atoms with Gasteiger partial charge in [-0.15, -0.1) is 0 Å². The van der Waals surface area contributed by atoms with Crippen LogP contribution in [0.5, 0.6) is 0 Å². The lowest BCUT2D eigenvalue weighted by molar-refractivity contribution is 0.191. The fourth-order valence-electron chi connectivity index (χ4n) is 14.1. The van der Waals surface area contributed by atoms with Crippen LogP contribution in [-0.2, 0) is 18.0 Å². The van der Waals surface area contributed by atoms with Crippen LogP contribution >= 0.6 is 15.6 Å². The maximum Gasteiger partial charge on any atom is 0.481 e. The molecule has 0 amide bonds. The van der Waals surface area contributed by atoms with Crippen molar-refractivity contribution in [2.45, 2.75) is 429 Å². The van der Waals surface area contributed by atoms with Gasteiger partial charge in [0, 0.05) is 0 Å². The zero-order valence-corrected chi connectivity index (χ0v) is 82.8. The summed E-state index contributed by atoms with van der Waals surface area (Å²) in [4.78, 5) is 26.8. The molecule has 0 heterocycles. The molecule has 7 nitrogen and oxygen atoms in total. The van der Waals surface area contributed by atoms with Crippen molar-refractivity contribution in [3.8, 4) is 0 Å². The molecule has 0 bridgehead atoms. The number of hydrogen-bond donors (Lipinski definition) is 3. The van der Waals surface area contributed by atoms with Gasteiger partial charge in [0.2, 0.25) is 0 Å². The van der Waals surface area contributed by atoms with E-state index in [1.807, 2.05) is 6.92 Å². The highest BCUT2D eigenvalue weighted by atomic mass is 31.3. The maximum absolute atomic E-state index is 11.6. The van der Waals surface area contributed by atoms with E-state index in [-0.39, 0.29) is 6.61 Å². The summed E-state index contributed by atoms with van der Waals surface area (Å²) in [7, 11) is -9.94. The van der Waals surface area contributed by atoms with Crippen LogP contribution in [0.25, 0.3) is 0 Å². The fraction of sp³-hybridized carbons (Fsp3) is 0.600. The van der Waals surface area contributed by atoms with Gasteiger partial charge in [-0.05, 0) is 429 Å². The first kappa shape index (κ1) is 114. The Hall–Kier alpha value is -5.46. The molecule has 0 aliphatic rings. The zero-order chi connectivity index (χ0) is 89.1. The lowest BCUT2D eigenvalue weighted by Crippen LogP contribution is -1.94. The quantitative estimate of drug-likeness (QED) is 0.0411. The van der Waals surface area contributed by atoms with Crippen LogP contribution in [0.1, 0.15) is 429 Å². The van der Waals surface area contributed by atoms with E-state index in [1.54, 1.807) is 6.08 Å². The van der Waals surface area contributed by atoms with Crippen molar-refractivity contribution < 1.29 is 32.6 Å². The topological polar surface area (TPSA) is 113 Å². The predicted octanol–water partition coefficient (Wildman–Crippen LogP) is 37.4. The molecule has 0 aromatic heterocycles. The highest BCUT2D eigenvalue weighted by Gasteiger charge is 2.32. The lowest BCUT2D eigenvalue weighted by Gasteiger charge is -2.11. The van der Waals surface area contributed by atoms with Gasteiger partial charge < -0.3 is 14.7 Å². The monoisotopic (exact) mass is 1680 g/mol. The molecule has 0 aliphatic carbocycles. The molecule has 0 radical (unpaired) electrons. The van der Waals surface area contributed by atoms with Crippen molar-refractivity contribution in [3.05, 3.63) is 256 Å². The summed E-state index contributed by atoms with van der Waals surface area (Å²) in [5.41, 5.74) is 32.4. The second-order valence-corrected chi connectivity index (χ2v) is 38.8. The van der Waals surface area contributed by atoms with Gasteiger partial charge >= 0.3 is 15.6 Å². The summed E-state index contributed by atoms with van der Waals surface area (Å²) >= 11 is 0. The van der Waals surface area contributed by atoms with E-state index in [0.29, 0.717) is 0 Å². The van der Waals surface area contributed by atoms with Gasteiger partial charge in [0.15, 0.2) is 0 Å². The van der Waals surface area contributed by atoms with Crippen LogP contribution in [0, 0.1) is 0 Å². The number of phosphoric ester groups is 1. The van der Waals surface area contributed by atoms with Gasteiger partial charge in [0.05, 0.1) is 6.61 Å². The predicted molar refractivity (Wildman–Crippen MR) is 531 cm³/mol. The Morgan fingerprint density at radius 1 is 0.176 bits per heavy atom. The van der Waals surface area contributed by atoms with Gasteiger partial charge in [-0.25, -0.2) is 9.13 Å². The van der Waals surface area contributed by atoms with Gasteiger partial charge in [0.25, 0.3) is 0 Å². The normalized spacial score (nSPS) is 15.8. The Morgan fingerprint density at radius 3 is 0.378 bits per heavy atom. The van der Waals surface area contributed by atoms with Crippen LogP contribution in [0.4, 0.5) is 0 Å². The minimum Gasteiger partial charge on any atom is -0.302 e. The average molecular weight is 1680 g/mol. The van der Waals surface area contributed by atoms with Crippen LogP contribution in [-0.4, -0.2) is 21.3 Å². The molecule has 0 spiro atoms. The summed E-state index contributed by atoms with van der Waals surface area (Å²) in [6, 6.07) is 0. The third kappa shape index (κ3) is 77.1. The number of hydrogen-bond acceptors (Lipinski definition) is 4. The first-order valence-corrected chi connectivity index (χ1v) is 49.6. The molecule has 0 saturated heterocycles. The molecule has 3 N–H and O–H groups in total. The van der Waals surface area contributed by atoms with E-state index in [9.17, 15) is 14.0 Å². The van der Waals surface area contributed by atoms with E-state index < -0.39 is 15.6 Å². The van der Waals surface area contributed by atoms with E-state index in [0.717, 1.165) is 243 Å². The first-order chi connectivity index (χ1) is 56.4. The average Bonchev–Trinajstić information content (AvgIpc) is 0.883. The van der Waals surface area contributed by atoms with E-state index >= 15 is 0 Å². The molecular formula is C110H180O7P2. The molecule has 0 aromatic carbocycles. The van der Waals surface area contributed by atoms with Crippen molar-refractivity contribution in [1.82, 2.24) is 0 Å². The van der Waals surface area contributed by atoms with E-state index in [1.165, 1.54) is 149 Å². The van der Waals surface area contributed by atoms with Crippen molar-refractivity contribution in [3.63, 3.8) is 0 Å². The van der Waals surface area contributed by atoms with Crippen molar-refractivity contribution in [2.75, 3.05) is 6.61 Å². The molecule has 119 heavy (non-hydrogen) atoms. The van der Waals surface area contributed by atoms with E-state index in [4.69, 9.17) is 9.79 Å². The number of phosphoric acid groups is 2. The third-order valence-corrected chi connectivity index (χ3v) is 24.8. The second kappa shape index (κ2) is 71.9. The summed E-state index contributed by atoms with van der Waals surface area (Å²) < 4.78 is 30.8. The maximum atomic E-state index is 11.6. The van der Waals surface area contributed by atoms with Crippen LogP contribution in [0.3, 0.4) is 0 Å². The fourth-order valence-corrected chi connectivity index (χ4v) is 15.6. The summed E-state index contributed by atoms with van der Waals surface area (Å²) in [6.45, 7) is 51.8. The minimum atomic E-state index is -5.12. The third-order valence-electron chi connectivity index (χ3n) is 22.6. The largest absolute Gasteiger partial charge is 0.481 e. The molecule has 0 aliphatic heterocycles. The van der Waals surface area contributed by atoms with Gasteiger partial charge in [-0.3, -0.25) is 4.52 Å². The molecular weight excluding hydrogens is 1500 g/mol. The molecule has 672 valence electrons. The Morgan fingerprint density at radius 2 is 0.277 bits per heavy atom. The van der Waals surface area contributed by atoms with Crippen LogP contribution in [0.2, 0.25) is 0 Å². The summed E-state index contributed by atoms with van der Waals surface area (Å²) in [5, 5.41) is 0. The standard InChI is InChI=1S/C110H180O7P2/c1-89(2)45-24-46-90(3)47-25-48-91(4)49-26-50-92(5)51-27-52-93(6)53-28-54-94(7)55-29-56-95(8)57-30-58-96(9)59-31-60-97(10)61-32-62-98(11)63-33-64-99(12)65-34-66-100(13)67-35-68-101(14)69-36-70-102(15)71-37-72-103(16)73-38-74-104(17)75-39-76-105(18)77-40-78-106(19)79-41-80-107(20)81-42-82-108(21)83-43-84-109(22)85-44-86-110(23)87-88-116-119(114,115)117-118(111,112)113/h45,47,49,51,53,55,57,59,61,63,65,67,69,71,73,75,77,79,81,83,85,87H,24-44,46,48,50,52,54,56,58,60,62,64,66,68,70,72,74,76,78,80,82,84,86,88H2,1-23H3,(H,114,115)(H2,111,112,113)/b90-47+,91-49+,92-51+,93-53+,94-55+,95-57+,96-59+,97-61+,98-63+,99-65+,100-67+,101-69+,102-71+,103-73+,104-75+,105-77+,106-79+,107-81+,108-83+,109-85+,110-87+. The zero-order valence-electron chi connectivity index (χ0n) is 81.0.